The second kappa shape index (κ2) is 5.98. The summed E-state index contributed by atoms with van der Waals surface area (Å²) < 4.78 is 5.52. The molecule has 0 spiro atoms. The van der Waals surface area contributed by atoms with Crippen molar-refractivity contribution in [3.63, 3.8) is 0 Å². The van der Waals surface area contributed by atoms with E-state index in [0.717, 1.165) is 49.8 Å². The van der Waals surface area contributed by atoms with Crippen molar-refractivity contribution in [2.24, 2.45) is 17.8 Å². The van der Waals surface area contributed by atoms with Crippen LogP contribution in [0.2, 0.25) is 0 Å². The molecule has 1 aromatic carbocycles. The molecule has 1 aromatic rings. The molecule has 6 rings (SSSR count). The smallest absolute Gasteiger partial charge is 0.227 e. The van der Waals surface area contributed by atoms with E-state index in [1.54, 1.807) is 7.11 Å². The van der Waals surface area contributed by atoms with Crippen LogP contribution in [0, 0.1) is 17.8 Å². The molecule has 4 fully saturated rings. The maximum atomic E-state index is 13.2. The standard InChI is InChI=1S/C22H29NO3/c1-26-19-7-3-4-16-17(19)5-2-6-18(16)21(24)23-20-14-8-13-9-15(20)12-22(25,10-13)11-14/h3-4,7,13-15,18,20,25H,2,5-6,8-12H2,1H3,(H,23,24)/t13?,14-,15?,18?,20-,22+/m0/s1. The number of amides is 1. The average Bonchev–Trinajstić information content (AvgIpc) is 2.62. The lowest BCUT2D eigenvalue weighted by atomic mass is 9.52. The molecular weight excluding hydrogens is 326 g/mol. The highest BCUT2D eigenvalue weighted by atomic mass is 16.5. The normalized spacial score (nSPS) is 40.2. The van der Waals surface area contributed by atoms with E-state index >= 15 is 0 Å². The van der Waals surface area contributed by atoms with Gasteiger partial charge in [-0.25, -0.2) is 0 Å². The fourth-order valence-corrected chi connectivity index (χ4v) is 6.76. The number of aliphatic hydroxyl groups is 1. The summed E-state index contributed by atoms with van der Waals surface area (Å²) in [5.74, 6) is 2.63. The first-order chi connectivity index (χ1) is 12.6. The first kappa shape index (κ1) is 16.6. The molecule has 5 aliphatic carbocycles. The fraction of sp³-hybridized carbons (Fsp3) is 0.682. The number of methoxy groups -OCH3 is 1. The highest BCUT2D eigenvalue weighted by molar-refractivity contribution is 5.85. The first-order valence-corrected chi connectivity index (χ1v) is 10.2. The Morgan fingerprint density at radius 2 is 2.00 bits per heavy atom. The van der Waals surface area contributed by atoms with Gasteiger partial charge in [0.1, 0.15) is 5.75 Å². The highest BCUT2D eigenvalue weighted by Crippen LogP contribution is 2.55. The number of rotatable bonds is 3. The van der Waals surface area contributed by atoms with Crippen LogP contribution in [0.3, 0.4) is 0 Å². The molecular formula is C22H29NO3. The molecule has 6 atom stereocenters. The summed E-state index contributed by atoms with van der Waals surface area (Å²) in [7, 11) is 1.71. The molecule has 2 N–H and O–H groups in total. The molecule has 3 unspecified atom stereocenters. The Morgan fingerprint density at radius 3 is 2.69 bits per heavy atom. The van der Waals surface area contributed by atoms with Gasteiger partial charge in [0.25, 0.3) is 0 Å². The highest BCUT2D eigenvalue weighted by Gasteiger charge is 2.55. The summed E-state index contributed by atoms with van der Waals surface area (Å²) in [6.07, 6.45) is 8.03. The van der Waals surface area contributed by atoms with Crippen molar-refractivity contribution in [1.82, 2.24) is 5.32 Å². The van der Waals surface area contributed by atoms with Crippen LogP contribution in [-0.2, 0) is 11.2 Å². The van der Waals surface area contributed by atoms with Gasteiger partial charge in [0, 0.05) is 6.04 Å². The van der Waals surface area contributed by atoms with E-state index < -0.39 is 5.60 Å². The predicted octanol–water partition coefficient (Wildman–Crippen LogP) is 3.17. The van der Waals surface area contributed by atoms with Crippen molar-refractivity contribution in [3.05, 3.63) is 29.3 Å². The van der Waals surface area contributed by atoms with Crippen molar-refractivity contribution >= 4 is 5.91 Å². The van der Waals surface area contributed by atoms with Crippen molar-refractivity contribution in [3.8, 4) is 5.75 Å². The van der Waals surface area contributed by atoms with Gasteiger partial charge in [0.2, 0.25) is 5.91 Å². The van der Waals surface area contributed by atoms with Crippen molar-refractivity contribution in [2.45, 2.75) is 68.9 Å². The van der Waals surface area contributed by atoms with Gasteiger partial charge < -0.3 is 15.2 Å². The number of benzene rings is 1. The molecule has 26 heavy (non-hydrogen) atoms. The minimum atomic E-state index is -0.442. The average molecular weight is 355 g/mol. The topological polar surface area (TPSA) is 58.6 Å². The molecule has 140 valence electrons. The van der Waals surface area contributed by atoms with Gasteiger partial charge in [-0.3, -0.25) is 4.79 Å². The van der Waals surface area contributed by atoms with Crippen LogP contribution in [0.15, 0.2) is 18.2 Å². The van der Waals surface area contributed by atoms with Crippen LogP contribution >= 0.6 is 0 Å². The summed E-state index contributed by atoms with van der Waals surface area (Å²) in [6, 6.07) is 6.36. The molecule has 0 heterocycles. The van der Waals surface area contributed by atoms with Crippen molar-refractivity contribution < 1.29 is 14.6 Å². The largest absolute Gasteiger partial charge is 0.496 e. The Balaban J connectivity index is 1.36. The predicted molar refractivity (Wildman–Crippen MR) is 99.1 cm³/mol. The minimum absolute atomic E-state index is 0.0610. The lowest BCUT2D eigenvalue weighted by molar-refractivity contribution is -0.147. The number of carbonyl (C=O) groups excluding carboxylic acids is 1. The number of hydrogen-bond acceptors (Lipinski definition) is 3. The number of carbonyl (C=O) groups is 1. The van der Waals surface area contributed by atoms with E-state index in [1.165, 1.54) is 18.4 Å². The molecule has 0 saturated heterocycles. The lowest BCUT2D eigenvalue weighted by Gasteiger charge is -2.58. The van der Waals surface area contributed by atoms with Gasteiger partial charge in [-0.15, -0.1) is 0 Å². The number of fused-ring (bicyclic) bond motifs is 1. The molecule has 1 amide bonds. The minimum Gasteiger partial charge on any atom is -0.496 e. The molecule has 0 aromatic heterocycles. The van der Waals surface area contributed by atoms with Gasteiger partial charge >= 0.3 is 0 Å². The van der Waals surface area contributed by atoms with Crippen molar-refractivity contribution in [2.75, 3.05) is 7.11 Å². The van der Waals surface area contributed by atoms with E-state index in [0.29, 0.717) is 17.8 Å². The van der Waals surface area contributed by atoms with Gasteiger partial charge in [-0.05, 0) is 86.3 Å². The monoisotopic (exact) mass is 355 g/mol. The second-order valence-electron chi connectivity index (χ2n) is 9.20. The Hall–Kier alpha value is -1.55. The van der Waals surface area contributed by atoms with Gasteiger partial charge in [0.05, 0.1) is 18.6 Å². The van der Waals surface area contributed by atoms with Gasteiger partial charge in [0.15, 0.2) is 0 Å². The zero-order valence-electron chi connectivity index (χ0n) is 15.5. The summed E-state index contributed by atoms with van der Waals surface area (Å²) in [5, 5.41) is 14.2. The Labute approximate surface area is 155 Å². The van der Waals surface area contributed by atoms with Crippen LogP contribution in [0.5, 0.6) is 5.75 Å². The first-order valence-electron chi connectivity index (χ1n) is 10.2. The van der Waals surface area contributed by atoms with E-state index in [2.05, 4.69) is 11.4 Å². The Bertz CT molecular complexity index is 714. The maximum Gasteiger partial charge on any atom is 0.227 e. The third-order valence-electron chi connectivity index (χ3n) is 7.55. The molecule has 5 aliphatic rings. The third kappa shape index (κ3) is 2.57. The second-order valence-corrected chi connectivity index (χ2v) is 9.20. The van der Waals surface area contributed by atoms with Crippen LogP contribution in [0.4, 0.5) is 0 Å². The summed E-state index contributed by atoms with van der Waals surface area (Å²) in [6.45, 7) is 0. The quantitative estimate of drug-likeness (QED) is 0.876. The lowest BCUT2D eigenvalue weighted by Crippen LogP contribution is -2.62. The zero-order chi connectivity index (χ0) is 17.9. The van der Waals surface area contributed by atoms with Crippen LogP contribution in [-0.4, -0.2) is 29.8 Å². The van der Waals surface area contributed by atoms with Crippen LogP contribution < -0.4 is 10.1 Å². The van der Waals surface area contributed by atoms with E-state index in [9.17, 15) is 9.90 Å². The van der Waals surface area contributed by atoms with Gasteiger partial charge in [-0.1, -0.05) is 12.1 Å². The molecule has 0 radical (unpaired) electrons. The summed E-state index contributed by atoms with van der Waals surface area (Å²) >= 11 is 0. The zero-order valence-corrected chi connectivity index (χ0v) is 15.5. The van der Waals surface area contributed by atoms with E-state index in [1.807, 2.05) is 12.1 Å². The maximum absolute atomic E-state index is 13.2. The Kier molecular flexibility index (Phi) is 3.82. The number of hydrogen-bond donors (Lipinski definition) is 2. The van der Waals surface area contributed by atoms with Gasteiger partial charge in [-0.2, -0.15) is 0 Å². The van der Waals surface area contributed by atoms with E-state index in [-0.39, 0.29) is 17.9 Å². The van der Waals surface area contributed by atoms with E-state index in [4.69, 9.17) is 4.74 Å². The molecule has 4 heteroatoms. The Morgan fingerprint density at radius 1 is 1.23 bits per heavy atom. The van der Waals surface area contributed by atoms with Crippen LogP contribution in [0.25, 0.3) is 0 Å². The fourth-order valence-electron chi connectivity index (χ4n) is 6.76. The molecule has 4 nitrogen and oxygen atoms in total. The molecule has 0 aliphatic heterocycles. The molecule has 4 bridgehead atoms. The van der Waals surface area contributed by atoms with Crippen molar-refractivity contribution in [1.29, 1.82) is 0 Å². The SMILES string of the molecule is COc1cccc2c1CCCC2C(=O)N[C@@H]1C2CC3C[C@H]1C[C@](O)(C3)C2. The molecule has 4 saturated carbocycles. The summed E-state index contributed by atoms with van der Waals surface area (Å²) in [4.78, 5) is 13.2. The number of ether oxygens (including phenoxy) is 1. The third-order valence-corrected chi connectivity index (χ3v) is 7.55. The number of nitrogens with one attached hydrogen (secondary N) is 1. The summed E-state index contributed by atoms with van der Waals surface area (Å²) in [5.41, 5.74) is 1.92. The van der Waals surface area contributed by atoms with Crippen LogP contribution in [0.1, 0.15) is 62.0 Å².